The highest BCUT2D eigenvalue weighted by atomic mass is 16.5. The van der Waals surface area contributed by atoms with Gasteiger partial charge in [-0.15, -0.1) is 0 Å². The summed E-state index contributed by atoms with van der Waals surface area (Å²) in [5, 5.41) is 3.33. The average Bonchev–Trinajstić information content (AvgIpc) is 2.30. The summed E-state index contributed by atoms with van der Waals surface area (Å²) in [5.41, 5.74) is 0.406. The van der Waals surface area contributed by atoms with E-state index in [1.54, 1.807) is 0 Å². The third-order valence-corrected chi connectivity index (χ3v) is 4.07. The van der Waals surface area contributed by atoms with Gasteiger partial charge in [0.15, 0.2) is 0 Å². The monoisotopic (exact) mass is 242 g/mol. The summed E-state index contributed by atoms with van der Waals surface area (Å²) in [4.78, 5) is 2.63. The van der Waals surface area contributed by atoms with Gasteiger partial charge in [0.2, 0.25) is 0 Å². The van der Waals surface area contributed by atoms with E-state index in [0.29, 0.717) is 5.41 Å². The SMILES string of the molecule is CCC(C)(CNC)CN1CCCC(COC)C1. The molecule has 2 unspecified atom stereocenters. The molecule has 0 spiro atoms. The minimum Gasteiger partial charge on any atom is -0.384 e. The molecule has 1 heterocycles. The molecule has 1 saturated heterocycles. The van der Waals surface area contributed by atoms with Crippen LogP contribution in [0.15, 0.2) is 0 Å². The van der Waals surface area contributed by atoms with Crippen molar-refractivity contribution in [3.05, 3.63) is 0 Å². The Bertz CT molecular complexity index is 208. The van der Waals surface area contributed by atoms with Crippen LogP contribution >= 0.6 is 0 Å². The van der Waals surface area contributed by atoms with Crippen LogP contribution in [-0.2, 0) is 4.74 Å². The molecule has 2 atom stereocenters. The quantitative estimate of drug-likeness (QED) is 0.739. The predicted molar refractivity (Wildman–Crippen MR) is 73.4 cm³/mol. The van der Waals surface area contributed by atoms with E-state index in [9.17, 15) is 0 Å². The first-order chi connectivity index (χ1) is 8.13. The van der Waals surface area contributed by atoms with Crippen LogP contribution in [0.1, 0.15) is 33.1 Å². The standard InChI is InChI=1S/C14H30N2O/c1-5-14(2,11-15-3)12-16-8-6-7-13(9-16)10-17-4/h13,15H,5-12H2,1-4H3. The molecule has 0 amide bonds. The van der Waals surface area contributed by atoms with E-state index in [4.69, 9.17) is 4.74 Å². The lowest BCUT2D eigenvalue weighted by atomic mass is 9.85. The Balaban J connectivity index is 2.43. The van der Waals surface area contributed by atoms with Crippen molar-refractivity contribution in [1.82, 2.24) is 10.2 Å². The summed E-state index contributed by atoms with van der Waals surface area (Å²) < 4.78 is 5.29. The van der Waals surface area contributed by atoms with Crippen molar-refractivity contribution in [3.63, 3.8) is 0 Å². The molecule has 1 aliphatic heterocycles. The lowest BCUT2D eigenvalue weighted by Gasteiger charge is -2.39. The normalized spacial score (nSPS) is 25.8. The van der Waals surface area contributed by atoms with E-state index < -0.39 is 0 Å². The molecule has 0 aliphatic carbocycles. The van der Waals surface area contributed by atoms with Gasteiger partial charge in [-0.25, -0.2) is 0 Å². The molecule has 0 aromatic heterocycles. The molecule has 0 radical (unpaired) electrons. The lowest BCUT2D eigenvalue weighted by molar-refractivity contribution is 0.0657. The average molecular weight is 242 g/mol. The van der Waals surface area contributed by atoms with Crippen LogP contribution < -0.4 is 5.32 Å². The van der Waals surface area contributed by atoms with Crippen LogP contribution in [0.2, 0.25) is 0 Å². The van der Waals surface area contributed by atoms with E-state index in [2.05, 4.69) is 31.1 Å². The van der Waals surface area contributed by atoms with Crippen molar-refractivity contribution >= 4 is 0 Å². The third kappa shape index (κ3) is 4.94. The molecule has 0 bridgehead atoms. The number of likely N-dealkylation sites (tertiary alicyclic amines) is 1. The Morgan fingerprint density at radius 1 is 1.47 bits per heavy atom. The molecule has 0 saturated carbocycles. The number of piperidine rings is 1. The highest BCUT2D eigenvalue weighted by Gasteiger charge is 2.27. The molecule has 0 aromatic rings. The number of rotatable bonds is 7. The summed E-state index contributed by atoms with van der Waals surface area (Å²) >= 11 is 0. The zero-order valence-electron chi connectivity index (χ0n) is 12.1. The van der Waals surface area contributed by atoms with E-state index in [0.717, 1.165) is 19.1 Å². The number of nitrogens with one attached hydrogen (secondary N) is 1. The number of hydrogen-bond acceptors (Lipinski definition) is 3. The summed E-state index contributed by atoms with van der Waals surface area (Å²) in [7, 11) is 3.87. The van der Waals surface area contributed by atoms with E-state index in [1.165, 1.54) is 38.9 Å². The first kappa shape index (κ1) is 14.9. The molecule has 3 heteroatoms. The third-order valence-electron chi connectivity index (χ3n) is 4.07. The lowest BCUT2D eigenvalue weighted by Crippen LogP contribution is -2.45. The Morgan fingerprint density at radius 2 is 2.24 bits per heavy atom. The highest BCUT2D eigenvalue weighted by molar-refractivity contribution is 4.82. The molecule has 0 aromatic carbocycles. The second kappa shape index (κ2) is 7.34. The minimum absolute atomic E-state index is 0.406. The van der Waals surface area contributed by atoms with Crippen LogP contribution in [0.4, 0.5) is 0 Å². The second-order valence-electron chi connectivity index (χ2n) is 5.89. The fraction of sp³-hybridized carbons (Fsp3) is 1.00. The molecule has 17 heavy (non-hydrogen) atoms. The van der Waals surface area contributed by atoms with Crippen LogP contribution in [0, 0.1) is 11.3 Å². The fourth-order valence-corrected chi connectivity index (χ4v) is 2.93. The number of nitrogens with zero attached hydrogens (tertiary/aromatic N) is 1. The van der Waals surface area contributed by atoms with Crippen molar-refractivity contribution in [1.29, 1.82) is 0 Å². The highest BCUT2D eigenvalue weighted by Crippen LogP contribution is 2.25. The number of hydrogen-bond donors (Lipinski definition) is 1. The minimum atomic E-state index is 0.406. The molecular weight excluding hydrogens is 212 g/mol. The van der Waals surface area contributed by atoms with Crippen molar-refractivity contribution in [2.75, 3.05) is 46.9 Å². The number of methoxy groups -OCH3 is 1. The first-order valence-electron chi connectivity index (χ1n) is 6.99. The zero-order valence-corrected chi connectivity index (χ0v) is 12.1. The molecular formula is C14H30N2O. The van der Waals surface area contributed by atoms with Crippen LogP contribution in [0.25, 0.3) is 0 Å². The molecule has 1 rings (SSSR count). The molecule has 3 nitrogen and oxygen atoms in total. The maximum Gasteiger partial charge on any atom is 0.0502 e. The smallest absolute Gasteiger partial charge is 0.0502 e. The van der Waals surface area contributed by atoms with E-state index >= 15 is 0 Å². The van der Waals surface area contributed by atoms with Gasteiger partial charge in [-0.2, -0.15) is 0 Å². The number of ether oxygens (including phenoxy) is 1. The topological polar surface area (TPSA) is 24.5 Å². The van der Waals surface area contributed by atoms with Crippen LogP contribution in [0.5, 0.6) is 0 Å². The maximum absolute atomic E-state index is 5.29. The molecule has 102 valence electrons. The summed E-state index contributed by atoms with van der Waals surface area (Å²) in [6.07, 6.45) is 3.89. The van der Waals surface area contributed by atoms with E-state index in [-0.39, 0.29) is 0 Å². The summed E-state index contributed by atoms with van der Waals surface area (Å²) in [6, 6.07) is 0. The van der Waals surface area contributed by atoms with Gasteiger partial charge >= 0.3 is 0 Å². The van der Waals surface area contributed by atoms with Gasteiger partial charge in [-0.3, -0.25) is 0 Å². The fourth-order valence-electron chi connectivity index (χ4n) is 2.93. The Labute approximate surface area is 107 Å². The van der Waals surface area contributed by atoms with Crippen molar-refractivity contribution in [3.8, 4) is 0 Å². The van der Waals surface area contributed by atoms with Gasteiger partial charge in [0.05, 0.1) is 6.61 Å². The van der Waals surface area contributed by atoms with Crippen LogP contribution in [0.3, 0.4) is 0 Å². The summed E-state index contributed by atoms with van der Waals surface area (Å²) in [5.74, 6) is 0.740. The largest absolute Gasteiger partial charge is 0.384 e. The molecule has 1 fully saturated rings. The Kier molecular flexibility index (Phi) is 6.45. The van der Waals surface area contributed by atoms with Gasteiger partial charge in [0.1, 0.15) is 0 Å². The van der Waals surface area contributed by atoms with Crippen molar-refractivity contribution in [2.45, 2.75) is 33.1 Å². The Morgan fingerprint density at radius 3 is 2.82 bits per heavy atom. The van der Waals surface area contributed by atoms with Crippen LogP contribution in [-0.4, -0.2) is 51.8 Å². The van der Waals surface area contributed by atoms with Crippen molar-refractivity contribution in [2.24, 2.45) is 11.3 Å². The molecule has 1 aliphatic rings. The Hall–Kier alpha value is -0.120. The molecule has 1 N–H and O–H groups in total. The summed E-state index contributed by atoms with van der Waals surface area (Å²) in [6.45, 7) is 10.4. The van der Waals surface area contributed by atoms with Gasteiger partial charge in [-0.1, -0.05) is 13.8 Å². The van der Waals surface area contributed by atoms with E-state index in [1.807, 2.05) is 7.11 Å². The van der Waals surface area contributed by atoms with Crippen molar-refractivity contribution < 1.29 is 4.74 Å². The zero-order chi connectivity index (χ0) is 12.7. The second-order valence-corrected chi connectivity index (χ2v) is 5.89. The first-order valence-corrected chi connectivity index (χ1v) is 6.99. The van der Waals surface area contributed by atoms with Gasteiger partial charge in [-0.05, 0) is 44.2 Å². The van der Waals surface area contributed by atoms with Gasteiger partial charge < -0.3 is 15.0 Å². The predicted octanol–water partition coefficient (Wildman–Crippen LogP) is 1.98. The van der Waals surface area contributed by atoms with Gasteiger partial charge in [0.25, 0.3) is 0 Å². The van der Waals surface area contributed by atoms with Gasteiger partial charge in [0, 0.05) is 26.7 Å². The maximum atomic E-state index is 5.29.